The Labute approximate surface area is 76.6 Å². The van der Waals surface area contributed by atoms with Crippen LogP contribution in [0, 0.1) is 11.8 Å². The van der Waals surface area contributed by atoms with Crippen LogP contribution < -0.4 is 5.32 Å². The van der Waals surface area contributed by atoms with Gasteiger partial charge in [0.15, 0.2) is 0 Å². The molecule has 0 aliphatic heterocycles. The molecule has 1 nitrogen and oxygen atoms in total. The zero-order valence-corrected chi connectivity index (χ0v) is 8.94. The molecular formula is C11H21N. The topological polar surface area (TPSA) is 12.0 Å². The van der Waals surface area contributed by atoms with Gasteiger partial charge < -0.3 is 5.32 Å². The van der Waals surface area contributed by atoms with E-state index in [0.29, 0.717) is 11.8 Å². The molecule has 0 radical (unpaired) electrons. The van der Waals surface area contributed by atoms with Crippen molar-refractivity contribution in [3.8, 4) is 0 Å². The standard InChI is InChI=1S/C11H21N/c1-8(2)10(5)11(7-12-6)9(3)4/h7-9,12H,5H2,1-4,6H3/b11-7-. The summed E-state index contributed by atoms with van der Waals surface area (Å²) >= 11 is 0. The molecule has 0 aromatic heterocycles. The number of hydrogen-bond donors (Lipinski definition) is 1. The van der Waals surface area contributed by atoms with Gasteiger partial charge in [0.2, 0.25) is 0 Å². The molecule has 0 heterocycles. The summed E-state index contributed by atoms with van der Waals surface area (Å²) < 4.78 is 0. The van der Waals surface area contributed by atoms with Crippen molar-refractivity contribution in [3.63, 3.8) is 0 Å². The van der Waals surface area contributed by atoms with Gasteiger partial charge in [0.05, 0.1) is 0 Å². The summed E-state index contributed by atoms with van der Waals surface area (Å²) in [5, 5.41) is 3.06. The lowest BCUT2D eigenvalue weighted by Gasteiger charge is -2.17. The van der Waals surface area contributed by atoms with E-state index in [4.69, 9.17) is 0 Å². The summed E-state index contributed by atoms with van der Waals surface area (Å²) in [6.07, 6.45) is 2.05. The van der Waals surface area contributed by atoms with Crippen molar-refractivity contribution in [1.82, 2.24) is 5.32 Å². The monoisotopic (exact) mass is 167 g/mol. The lowest BCUT2D eigenvalue weighted by molar-refractivity contribution is 0.697. The minimum atomic E-state index is 0.534. The largest absolute Gasteiger partial charge is 0.394 e. The first-order chi connectivity index (χ1) is 5.50. The normalized spacial score (nSPS) is 12.4. The molecule has 0 rings (SSSR count). The van der Waals surface area contributed by atoms with Gasteiger partial charge in [0.25, 0.3) is 0 Å². The molecule has 70 valence electrons. The maximum atomic E-state index is 4.09. The van der Waals surface area contributed by atoms with Crippen molar-refractivity contribution in [2.45, 2.75) is 27.7 Å². The molecular weight excluding hydrogens is 146 g/mol. The first-order valence-electron chi connectivity index (χ1n) is 4.57. The van der Waals surface area contributed by atoms with Crippen LogP contribution in [0.2, 0.25) is 0 Å². The van der Waals surface area contributed by atoms with Crippen LogP contribution in [-0.4, -0.2) is 7.05 Å². The van der Waals surface area contributed by atoms with Gasteiger partial charge >= 0.3 is 0 Å². The van der Waals surface area contributed by atoms with Gasteiger partial charge in [0, 0.05) is 7.05 Å². The van der Waals surface area contributed by atoms with Crippen molar-refractivity contribution in [1.29, 1.82) is 0 Å². The van der Waals surface area contributed by atoms with Crippen molar-refractivity contribution in [3.05, 3.63) is 23.9 Å². The maximum Gasteiger partial charge on any atom is 0.00278 e. The number of rotatable bonds is 4. The SMILES string of the molecule is C=C(/C(=C\NC)C(C)C)C(C)C. The first kappa shape index (κ1) is 11.3. The van der Waals surface area contributed by atoms with Crippen LogP contribution in [-0.2, 0) is 0 Å². The van der Waals surface area contributed by atoms with Crippen LogP contribution in [0.3, 0.4) is 0 Å². The molecule has 0 bridgehead atoms. The Kier molecular flexibility index (Phi) is 4.72. The Balaban J connectivity index is 4.53. The molecule has 0 aromatic rings. The Hall–Kier alpha value is -0.720. The summed E-state index contributed by atoms with van der Waals surface area (Å²) in [5.41, 5.74) is 2.56. The van der Waals surface area contributed by atoms with E-state index >= 15 is 0 Å². The molecule has 0 aromatic carbocycles. The predicted molar refractivity (Wildman–Crippen MR) is 56.0 cm³/mol. The molecule has 12 heavy (non-hydrogen) atoms. The second-order valence-electron chi connectivity index (χ2n) is 3.72. The van der Waals surface area contributed by atoms with E-state index in [2.05, 4.69) is 39.6 Å². The summed E-state index contributed by atoms with van der Waals surface area (Å²) in [4.78, 5) is 0. The maximum absolute atomic E-state index is 4.09. The highest BCUT2D eigenvalue weighted by molar-refractivity contribution is 5.30. The van der Waals surface area contributed by atoms with Crippen molar-refractivity contribution in [2.24, 2.45) is 11.8 Å². The van der Waals surface area contributed by atoms with Gasteiger partial charge in [-0.15, -0.1) is 0 Å². The lowest BCUT2D eigenvalue weighted by atomic mass is 9.90. The van der Waals surface area contributed by atoms with E-state index in [-0.39, 0.29) is 0 Å². The molecule has 0 unspecified atom stereocenters. The minimum absolute atomic E-state index is 0.534. The fourth-order valence-electron chi connectivity index (χ4n) is 1.12. The van der Waals surface area contributed by atoms with Gasteiger partial charge in [0.1, 0.15) is 0 Å². The molecule has 1 N–H and O–H groups in total. The molecule has 0 fully saturated rings. The van der Waals surface area contributed by atoms with E-state index in [1.54, 1.807) is 0 Å². The molecule has 0 aliphatic rings. The Morgan fingerprint density at radius 1 is 1.17 bits per heavy atom. The fraction of sp³-hybridized carbons (Fsp3) is 0.636. The van der Waals surface area contributed by atoms with Gasteiger partial charge in [-0.2, -0.15) is 0 Å². The highest BCUT2D eigenvalue weighted by Crippen LogP contribution is 2.23. The Bertz CT molecular complexity index is 175. The van der Waals surface area contributed by atoms with Crippen LogP contribution in [0.15, 0.2) is 23.9 Å². The summed E-state index contributed by atoms with van der Waals surface area (Å²) in [7, 11) is 1.93. The van der Waals surface area contributed by atoms with Gasteiger partial charge in [-0.05, 0) is 29.2 Å². The first-order valence-corrected chi connectivity index (χ1v) is 4.57. The van der Waals surface area contributed by atoms with E-state index in [1.807, 2.05) is 13.2 Å². The quantitative estimate of drug-likeness (QED) is 0.635. The highest BCUT2D eigenvalue weighted by atomic mass is 14.8. The number of nitrogens with one attached hydrogen (secondary N) is 1. The number of hydrogen-bond acceptors (Lipinski definition) is 1. The van der Waals surface area contributed by atoms with Crippen LogP contribution in [0.25, 0.3) is 0 Å². The highest BCUT2D eigenvalue weighted by Gasteiger charge is 2.09. The molecule has 1 heteroatoms. The second kappa shape index (κ2) is 5.02. The van der Waals surface area contributed by atoms with Crippen LogP contribution in [0.4, 0.5) is 0 Å². The molecule has 0 atom stereocenters. The Morgan fingerprint density at radius 2 is 1.67 bits per heavy atom. The summed E-state index contributed by atoms with van der Waals surface area (Å²) in [6, 6.07) is 0. The zero-order valence-electron chi connectivity index (χ0n) is 8.94. The van der Waals surface area contributed by atoms with Crippen LogP contribution >= 0.6 is 0 Å². The van der Waals surface area contributed by atoms with E-state index in [9.17, 15) is 0 Å². The third-order valence-corrected chi connectivity index (χ3v) is 1.99. The summed E-state index contributed by atoms with van der Waals surface area (Å²) in [6.45, 7) is 12.8. The third kappa shape index (κ3) is 3.12. The van der Waals surface area contributed by atoms with Crippen LogP contribution in [0.5, 0.6) is 0 Å². The van der Waals surface area contributed by atoms with E-state index < -0.39 is 0 Å². The Morgan fingerprint density at radius 3 is 1.92 bits per heavy atom. The predicted octanol–water partition coefficient (Wildman–Crippen LogP) is 2.96. The average Bonchev–Trinajstić information content (AvgIpc) is 1.98. The van der Waals surface area contributed by atoms with Gasteiger partial charge in [-0.1, -0.05) is 34.3 Å². The van der Waals surface area contributed by atoms with E-state index in [1.165, 1.54) is 11.1 Å². The fourth-order valence-corrected chi connectivity index (χ4v) is 1.12. The smallest absolute Gasteiger partial charge is 0.00278 e. The average molecular weight is 167 g/mol. The van der Waals surface area contributed by atoms with E-state index in [0.717, 1.165) is 0 Å². The van der Waals surface area contributed by atoms with Crippen molar-refractivity contribution < 1.29 is 0 Å². The van der Waals surface area contributed by atoms with Gasteiger partial charge in [-0.3, -0.25) is 0 Å². The minimum Gasteiger partial charge on any atom is -0.394 e. The molecule has 0 spiro atoms. The van der Waals surface area contributed by atoms with Gasteiger partial charge in [-0.25, -0.2) is 0 Å². The molecule has 0 saturated heterocycles. The third-order valence-electron chi connectivity index (χ3n) is 1.99. The molecule has 0 amide bonds. The van der Waals surface area contributed by atoms with Crippen molar-refractivity contribution in [2.75, 3.05) is 7.05 Å². The molecule has 0 aliphatic carbocycles. The number of allylic oxidation sites excluding steroid dienone is 2. The zero-order chi connectivity index (χ0) is 9.72. The lowest BCUT2D eigenvalue weighted by Crippen LogP contribution is -2.07. The summed E-state index contributed by atoms with van der Waals surface area (Å²) in [5.74, 6) is 1.08. The molecule has 0 saturated carbocycles. The van der Waals surface area contributed by atoms with Crippen LogP contribution in [0.1, 0.15) is 27.7 Å². The second-order valence-corrected chi connectivity index (χ2v) is 3.72. The van der Waals surface area contributed by atoms with Crippen molar-refractivity contribution >= 4 is 0 Å².